The maximum absolute atomic E-state index is 13.0. The molecule has 1 aliphatic carbocycles. The van der Waals surface area contributed by atoms with Gasteiger partial charge in [-0.25, -0.2) is 9.37 Å². The Morgan fingerprint density at radius 3 is 3.11 bits per heavy atom. The minimum atomic E-state index is -0.182. The zero-order chi connectivity index (χ0) is 13.1. The van der Waals surface area contributed by atoms with Gasteiger partial charge >= 0.3 is 0 Å². The monoisotopic (exact) mass is 294 g/mol. The number of rotatable bonds is 6. The Kier molecular flexibility index (Phi) is 4.15. The fraction of sp³-hybridized carbons (Fsp3) is 0.357. The van der Waals surface area contributed by atoms with Gasteiger partial charge in [0.1, 0.15) is 10.8 Å². The highest BCUT2D eigenvalue weighted by Gasteiger charge is 2.20. The molecule has 2 aromatic rings. The van der Waals surface area contributed by atoms with Crippen molar-refractivity contribution in [3.63, 3.8) is 0 Å². The molecule has 19 heavy (non-hydrogen) atoms. The highest BCUT2D eigenvalue weighted by Crippen LogP contribution is 2.25. The van der Waals surface area contributed by atoms with Crippen LogP contribution >= 0.6 is 23.1 Å². The first-order valence-corrected chi connectivity index (χ1v) is 8.21. The van der Waals surface area contributed by atoms with Crippen LogP contribution in [0.4, 0.5) is 4.39 Å². The van der Waals surface area contributed by atoms with Gasteiger partial charge in [-0.3, -0.25) is 0 Å². The quantitative estimate of drug-likeness (QED) is 0.820. The number of thioether (sulfide) groups is 1. The third-order valence-corrected chi connectivity index (χ3v) is 4.99. The topological polar surface area (TPSA) is 24.9 Å². The van der Waals surface area contributed by atoms with E-state index < -0.39 is 0 Å². The van der Waals surface area contributed by atoms with E-state index >= 15 is 0 Å². The maximum atomic E-state index is 13.0. The summed E-state index contributed by atoms with van der Waals surface area (Å²) in [6.07, 6.45) is 2.60. The molecule has 1 heterocycles. The fourth-order valence-electron chi connectivity index (χ4n) is 1.73. The minimum Gasteiger partial charge on any atom is -0.308 e. The second-order valence-electron chi connectivity index (χ2n) is 4.63. The van der Waals surface area contributed by atoms with E-state index in [4.69, 9.17) is 0 Å². The van der Waals surface area contributed by atoms with Gasteiger partial charge in [0.15, 0.2) is 0 Å². The SMILES string of the molecule is Fc1cccc(SCc2nc(CNC3CC3)cs2)c1. The number of nitrogens with one attached hydrogen (secondary N) is 1. The van der Waals surface area contributed by atoms with Crippen LogP contribution in [0.15, 0.2) is 34.5 Å². The molecule has 0 bridgehead atoms. The van der Waals surface area contributed by atoms with Crippen molar-refractivity contribution in [2.45, 2.75) is 36.1 Å². The van der Waals surface area contributed by atoms with E-state index in [1.54, 1.807) is 35.2 Å². The molecule has 0 aliphatic heterocycles. The number of hydrogen-bond donors (Lipinski definition) is 1. The third-order valence-electron chi connectivity index (χ3n) is 2.91. The number of aromatic nitrogens is 1. The van der Waals surface area contributed by atoms with Crippen molar-refractivity contribution in [1.82, 2.24) is 10.3 Å². The van der Waals surface area contributed by atoms with Gasteiger partial charge in [0, 0.05) is 22.9 Å². The molecule has 5 heteroatoms. The van der Waals surface area contributed by atoms with Gasteiger partial charge in [-0.05, 0) is 31.0 Å². The van der Waals surface area contributed by atoms with Crippen LogP contribution in [0.2, 0.25) is 0 Å². The summed E-state index contributed by atoms with van der Waals surface area (Å²) >= 11 is 3.30. The minimum absolute atomic E-state index is 0.182. The van der Waals surface area contributed by atoms with Crippen LogP contribution in [0.3, 0.4) is 0 Å². The van der Waals surface area contributed by atoms with Gasteiger partial charge < -0.3 is 5.32 Å². The van der Waals surface area contributed by atoms with Crippen molar-refractivity contribution in [1.29, 1.82) is 0 Å². The molecule has 0 radical (unpaired) electrons. The largest absolute Gasteiger partial charge is 0.308 e. The van der Waals surface area contributed by atoms with Crippen LogP contribution in [0, 0.1) is 5.82 Å². The lowest BCUT2D eigenvalue weighted by Crippen LogP contribution is -2.15. The lowest BCUT2D eigenvalue weighted by Gasteiger charge is -1.99. The first-order valence-electron chi connectivity index (χ1n) is 6.34. The second kappa shape index (κ2) is 6.03. The molecule has 0 amide bonds. The van der Waals surface area contributed by atoms with E-state index in [1.807, 2.05) is 6.07 Å². The Hall–Kier alpha value is -0.910. The van der Waals surface area contributed by atoms with Gasteiger partial charge in [0.05, 0.1) is 11.4 Å². The molecule has 0 atom stereocenters. The van der Waals surface area contributed by atoms with Gasteiger partial charge in [0.25, 0.3) is 0 Å². The molecule has 0 spiro atoms. The summed E-state index contributed by atoms with van der Waals surface area (Å²) in [6, 6.07) is 7.41. The Balaban J connectivity index is 1.51. The van der Waals surface area contributed by atoms with Crippen molar-refractivity contribution in [2.75, 3.05) is 0 Å². The highest BCUT2D eigenvalue weighted by molar-refractivity contribution is 7.98. The predicted octanol–water partition coefficient (Wildman–Crippen LogP) is 3.83. The summed E-state index contributed by atoms with van der Waals surface area (Å²) in [5, 5.41) is 6.66. The highest BCUT2D eigenvalue weighted by atomic mass is 32.2. The van der Waals surface area contributed by atoms with E-state index in [0.717, 1.165) is 27.9 Å². The van der Waals surface area contributed by atoms with E-state index in [-0.39, 0.29) is 5.82 Å². The third kappa shape index (κ3) is 4.03. The average Bonchev–Trinajstić information content (AvgIpc) is 3.13. The average molecular weight is 294 g/mol. The van der Waals surface area contributed by atoms with E-state index in [0.29, 0.717) is 6.04 Å². The summed E-state index contributed by atoms with van der Waals surface area (Å²) < 4.78 is 13.0. The number of nitrogens with zero attached hydrogens (tertiary/aromatic N) is 1. The van der Waals surface area contributed by atoms with Crippen LogP contribution in [0.1, 0.15) is 23.5 Å². The number of halogens is 1. The van der Waals surface area contributed by atoms with Crippen molar-refractivity contribution < 1.29 is 4.39 Å². The van der Waals surface area contributed by atoms with Crippen LogP contribution in [0.25, 0.3) is 0 Å². The molecular formula is C14H15FN2S2. The van der Waals surface area contributed by atoms with Crippen molar-refractivity contribution >= 4 is 23.1 Å². The van der Waals surface area contributed by atoms with Gasteiger partial charge in [-0.1, -0.05) is 6.07 Å². The lowest BCUT2D eigenvalue weighted by molar-refractivity contribution is 0.624. The molecule has 0 saturated heterocycles. The summed E-state index contributed by atoms with van der Waals surface area (Å²) in [6.45, 7) is 0.867. The Morgan fingerprint density at radius 2 is 2.32 bits per heavy atom. The number of hydrogen-bond acceptors (Lipinski definition) is 4. The van der Waals surface area contributed by atoms with Crippen LogP contribution in [0.5, 0.6) is 0 Å². The first-order chi connectivity index (χ1) is 9.29. The smallest absolute Gasteiger partial charge is 0.124 e. The summed E-state index contributed by atoms with van der Waals surface area (Å²) in [4.78, 5) is 5.54. The Labute approximate surface area is 120 Å². The Morgan fingerprint density at radius 1 is 1.42 bits per heavy atom. The number of thiazole rings is 1. The van der Waals surface area contributed by atoms with Crippen molar-refractivity contribution in [3.8, 4) is 0 Å². The molecule has 100 valence electrons. The molecule has 0 unspecified atom stereocenters. The summed E-state index contributed by atoms with van der Waals surface area (Å²) in [5.41, 5.74) is 1.12. The van der Waals surface area contributed by atoms with Crippen LogP contribution in [-0.4, -0.2) is 11.0 Å². The lowest BCUT2D eigenvalue weighted by atomic mass is 10.4. The van der Waals surface area contributed by atoms with Crippen molar-refractivity contribution in [3.05, 3.63) is 46.2 Å². The molecule has 1 aromatic heterocycles. The number of benzene rings is 1. The van der Waals surface area contributed by atoms with Crippen LogP contribution < -0.4 is 5.32 Å². The zero-order valence-corrected chi connectivity index (χ0v) is 12.1. The van der Waals surface area contributed by atoms with Crippen molar-refractivity contribution in [2.24, 2.45) is 0 Å². The normalized spacial score (nSPS) is 14.8. The molecule has 2 nitrogen and oxygen atoms in total. The molecule has 1 N–H and O–H groups in total. The zero-order valence-electron chi connectivity index (χ0n) is 10.4. The predicted molar refractivity (Wildman–Crippen MR) is 77.9 cm³/mol. The first kappa shape index (κ1) is 13.1. The van der Waals surface area contributed by atoms with E-state index in [2.05, 4.69) is 15.7 Å². The molecule has 3 rings (SSSR count). The fourth-order valence-corrected chi connectivity index (χ4v) is 3.49. The summed E-state index contributed by atoms with van der Waals surface area (Å²) in [7, 11) is 0. The molecule has 1 aromatic carbocycles. The maximum Gasteiger partial charge on any atom is 0.124 e. The van der Waals surface area contributed by atoms with Gasteiger partial charge in [-0.15, -0.1) is 23.1 Å². The van der Waals surface area contributed by atoms with Gasteiger partial charge in [-0.2, -0.15) is 0 Å². The standard InChI is InChI=1S/C14H15FN2S2/c15-10-2-1-3-13(6-10)18-9-14-17-12(8-19-14)7-16-11-4-5-11/h1-3,6,8,11,16H,4-5,7,9H2. The van der Waals surface area contributed by atoms with E-state index in [1.165, 1.54) is 18.9 Å². The van der Waals surface area contributed by atoms with Crippen LogP contribution in [-0.2, 0) is 12.3 Å². The Bertz CT molecular complexity index is 552. The molecular weight excluding hydrogens is 279 g/mol. The van der Waals surface area contributed by atoms with E-state index in [9.17, 15) is 4.39 Å². The molecule has 1 saturated carbocycles. The summed E-state index contributed by atoms with van der Waals surface area (Å²) in [5.74, 6) is 0.621. The second-order valence-corrected chi connectivity index (χ2v) is 6.63. The van der Waals surface area contributed by atoms with Gasteiger partial charge in [0.2, 0.25) is 0 Å². The molecule has 1 fully saturated rings. The molecule has 1 aliphatic rings.